The molecular formula is C23H28ClNO4. The number of ether oxygens (including phenoxy) is 2. The lowest BCUT2D eigenvalue weighted by Gasteiger charge is -2.32. The summed E-state index contributed by atoms with van der Waals surface area (Å²) in [5.74, 6) is 0.0131. The lowest BCUT2D eigenvalue weighted by Crippen LogP contribution is -2.39. The van der Waals surface area contributed by atoms with Crippen molar-refractivity contribution in [2.24, 2.45) is 0 Å². The Morgan fingerprint density at radius 1 is 1.28 bits per heavy atom. The molecule has 1 fully saturated rings. The summed E-state index contributed by atoms with van der Waals surface area (Å²) in [4.78, 5) is 12.9. The van der Waals surface area contributed by atoms with Crippen molar-refractivity contribution in [3.63, 3.8) is 0 Å². The molecule has 0 bridgehead atoms. The van der Waals surface area contributed by atoms with Gasteiger partial charge in [-0.05, 0) is 35.7 Å². The van der Waals surface area contributed by atoms with E-state index < -0.39 is 5.97 Å². The fourth-order valence-electron chi connectivity index (χ4n) is 3.48. The van der Waals surface area contributed by atoms with Crippen molar-refractivity contribution in [2.45, 2.75) is 38.9 Å². The Morgan fingerprint density at radius 3 is 2.79 bits per heavy atom. The van der Waals surface area contributed by atoms with E-state index in [0.717, 1.165) is 41.3 Å². The van der Waals surface area contributed by atoms with Crippen LogP contribution in [0, 0.1) is 0 Å². The Balaban J connectivity index is 1.56. The van der Waals surface area contributed by atoms with Gasteiger partial charge in [-0.3, -0.25) is 9.69 Å². The maximum atomic E-state index is 10.8. The molecule has 1 aliphatic heterocycles. The van der Waals surface area contributed by atoms with Crippen LogP contribution in [0.1, 0.15) is 42.6 Å². The molecule has 0 radical (unpaired) electrons. The molecule has 0 aliphatic carbocycles. The minimum Gasteiger partial charge on any atom is -0.489 e. The first-order valence-corrected chi connectivity index (χ1v) is 10.5. The number of aliphatic carboxylic acids is 1. The van der Waals surface area contributed by atoms with Gasteiger partial charge in [-0.25, -0.2) is 0 Å². The van der Waals surface area contributed by atoms with Gasteiger partial charge in [0.15, 0.2) is 0 Å². The van der Waals surface area contributed by atoms with Crippen molar-refractivity contribution in [1.82, 2.24) is 4.90 Å². The third kappa shape index (κ3) is 6.46. The summed E-state index contributed by atoms with van der Waals surface area (Å²) in [6.07, 6.45) is 2.23. The van der Waals surface area contributed by atoms with Gasteiger partial charge in [-0.2, -0.15) is 0 Å². The number of halogens is 1. The van der Waals surface area contributed by atoms with Gasteiger partial charge in [0, 0.05) is 30.2 Å². The summed E-state index contributed by atoms with van der Waals surface area (Å²) >= 11 is 6.31. The standard InChI is InChI=1S/C23H28ClNO4/c1-2-3-17-4-9-21(24)19(14-17)16-29-20-7-5-18(6-8-20)22-15-25(12-13-28-22)11-10-23(26)27/h4-9,14,22H,2-3,10-13,15-16H2,1H3,(H,26,27). The highest BCUT2D eigenvalue weighted by Gasteiger charge is 2.22. The maximum Gasteiger partial charge on any atom is 0.304 e. The molecule has 1 N–H and O–H groups in total. The Morgan fingerprint density at radius 2 is 2.07 bits per heavy atom. The topological polar surface area (TPSA) is 59.0 Å². The summed E-state index contributed by atoms with van der Waals surface area (Å²) in [6.45, 7) is 5.21. The molecule has 5 nitrogen and oxygen atoms in total. The highest BCUT2D eigenvalue weighted by Crippen LogP contribution is 2.26. The number of morpholine rings is 1. The van der Waals surface area contributed by atoms with Crippen molar-refractivity contribution in [1.29, 1.82) is 0 Å². The zero-order valence-corrected chi connectivity index (χ0v) is 17.5. The molecule has 3 rings (SSSR count). The third-order valence-corrected chi connectivity index (χ3v) is 5.46. The van der Waals surface area contributed by atoms with Crippen LogP contribution in [0.25, 0.3) is 0 Å². The van der Waals surface area contributed by atoms with Gasteiger partial charge >= 0.3 is 5.97 Å². The van der Waals surface area contributed by atoms with Crippen molar-refractivity contribution >= 4 is 17.6 Å². The second-order valence-corrected chi connectivity index (χ2v) is 7.74. The molecule has 1 aliphatic rings. The monoisotopic (exact) mass is 417 g/mol. The predicted octanol–water partition coefficient (Wildman–Crippen LogP) is 4.72. The molecular weight excluding hydrogens is 390 g/mol. The van der Waals surface area contributed by atoms with E-state index in [1.54, 1.807) is 0 Å². The van der Waals surface area contributed by atoms with Crippen molar-refractivity contribution < 1.29 is 19.4 Å². The first-order chi connectivity index (χ1) is 14.0. The average Bonchev–Trinajstić information content (AvgIpc) is 2.73. The smallest absolute Gasteiger partial charge is 0.304 e. The second kappa shape index (κ2) is 10.6. The molecule has 29 heavy (non-hydrogen) atoms. The van der Waals surface area contributed by atoms with Crippen LogP contribution in [0.5, 0.6) is 5.75 Å². The lowest BCUT2D eigenvalue weighted by molar-refractivity contribution is -0.137. The molecule has 2 aromatic rings. The fourth-order valence-corrected chi connectivity index (χ4v) is 3.66. The Labute approximate surface area is 177 Å². The van der Waals surface area contributed by atoms with Gasteiger partial charge in [0.2, 0.25) is 0 Å². The van der Waals surface area contributed by atoms with Crippen molar-refractivity contribution in [2.75, 3.05) is 26.2 Å². The SMILES string of the molecule is CCCc1ccc(Cl)c(COc2ccc(C3CN(CCC(=O)O)CCO3)cc2)c1. The summed E-state index contributed by atoms with van der Waals surface area (Å²) in [6, 6.07) is 14.0. The molecule has 1 heterocycles. The van der Waals surface area contributed by atoms with E-state index in [1.807, 2.05) is 30.3 Å². The number of carboxylic acids is 1. The quantitative estimate of drug-likeness (QED) is 0.639. The lowest BCUT2D eigenvalue weighted by atomic mass is 10.1. The van der Waals surface area contributed by atoms with Gasteiger partial charge in [-0.1, -0.05) is 49.2 Å². The van der Waals surface area contributed by atoms with Gasteiger partial charge in [0.1, 0.15) is 12.4 Å². The minimum absolute atomic E-state index is 0.0493. The highest BCUT2D eigenvalue weighted by atomic mass is 35.5. The first-order valence-electron chi connectivity index (χ1n) is 10.1. The number of aryl methyl sites for hydroxylation is 1. The van der Waals surface area contributed by atoms with Crippen LogP contribution < -0.4 is 4.74 Å². The number of nitrogens with zero attached hydrogens (tertiary/aromatic N) is 1. The van der Waals surface area contributed by atoms with Crippen LogP contribution in [0.15, 0.2) is 42.5 Å². The number of hydrogen-bond acceptors (Lipinski definition) is 4. The molecule has 0 saturated carbocycles. The van der Waals surface area contributed by atoms with Gasteiger partial charge in [-0.15, -0.1) is 0 Å². The maximum absolute atomic E-state index is 10.8. The van der Waals surface area contributed by atoms with Crippen LogP contribution in [0.3, 0.4) is 0 Å². The van der Waals surface area contributed by atoms with E-state index in [9.17, 15) is 4.79 Å². The van der Waals surface area contributed by atoms with Crippen molar-refractivity contribution in [3.8, 4) is 5.75 Å². The summed E-state index contributed by atoms with van der Waals surface area (Å²) in [5, 5.41) is 9.59. The van der Waals surface area contributed by atoms with Crippen LogP contribution >= 0.6 is 11.6 Å². The van der Waals surface area contributed by atoms with E-state index >= 15 is 0 Å². The molecule has 0 amide bonds. The van der Waals surface area contributed by atoms with Gasteiger partial charge < -0.3 is 14.6 Å². The normalized spacial score (nSPS) is 17.2. The highest BCUT2D eigenvalue weighted by molar-refractivity contribution is 6.31. The van der Waals surface area contributed by atoms with E-state index in [4.69, 9.17) is 26.2 Å². The van der Waals surface area contributed by atoms with Crippen LogP contribution in [-0.4, -0.2) is 42.2 Å². The largest absolute Gasteiger partial charge is 0.489 e. The van der Waals surface area contributed by atoms with Crippen molar-refractivity contribution in [3.05, 3.63) is 64.2 Å². The number of hydrogen-bond donors (Lipinski definition) is 1. The molecule has 1 unspecified atom stereocenters. The molecule has 1 atom stereocenters. The summed E-state index contributed by atoms with van der Waals surface area (Å²) in [7, 11) is 0. The number of rotatable bonds is 9. The zero-order valence-electron chi connectivity index (χ0n) is 16.8. The minimum atomic E-state index is -0.769. The number of carbonyl (C=O) groups is 1. The Hall–Kier alpha value is -2.08. The zero-order chi connectivity index (χ0) is 20.6. The number of carboxylic acid groups (broad SMARTS) is 1. The molecule has 2 aromatic carbocycles. The Bertz CT molecular complexity index is 809. The van der Waals surface area contributed by atoms with E-state index in [-0.39, 0.29) is 12.5 Å². The average molecular weight is 418 g/mol. The van der Waals surface area contributed by atoms with Crippen LogP contribution in [-0.2, 0) is 22.6 Å². The van der Waals surface area contributed by atoms with Crippen LogP contribution in [0.4, 0.5) is 0 Å². The number of benzene rings is 2. The summed E-state index contributed by atoms with van der Waals surface area (Å²) in [5.41, 5.74) is 3.33. The molecule has 0 spiro atoms. The van der Waals surface area contributed by atoms with Crippen LogP contribution in [0.2, 0.25) is 5.02 Å². The molecule has 156 valence electrons. The fraction of sp³-hybridized carbons (Fsp3) is 0.435. The molecule has 6 heteroatoms. The Kier molecular flexibility index (Phi) is 7.92. The predicted molar refractivity (Wildman–Crippen MR) is 114 cm³/mol. The van der Waals surface area contributed by atoms with Gasteiger partial charge in [0.05, 0.1) is 19.1 Å². The molecule has 0 aromatic heterocycles. The third-order valence-electron chi connectivity index (χ3n) is 5.09. The molecule has 1 saturated heterocycles. The first kappa shape index (κ1) is 21.6. The van der Waals surface area contributed by atoms with E-state index in [0.29, 0.717) is 26.3 Å². The van der Waals surface area contributed by atoms with E-state index in [2.05, 4.69) is 24.0 Å². The van der Waals surface area contributed by atoms with E-state index in [1.165, 1.54) is 5.56 Å². The summed E-state index contributed by atoms with van der Waals surface area (Å²) < 4.78 is 11.8. The van der Waals surface area contributed by atoms with Gasteiger partial charge in [0.25, 0.3) is 0 Å². The second-order valence-electron chi connectivity index (χ2n) is 7.34.